The quantitative estimate of drug-likeness (QED) is 0.555. The molecule has 0 aliphatic carbocycles. The molecule has 8 heteroatoms. The number of benzene rings is 2. The molecule has 1 N–H and O–H groups in total. The van der Waals surface area contributed by atoms with Gasteiger partial charge < -0.3 is 5.11 Å². The molecule has 1 heterocycles. The SMILES string of the molecule is CC(Sc1nnnn1-c1ccc(O)cc1)C(=O)c1cccc(Cl)c1. The first-order chi connectivity index (χ1) is 11.5. The number of hydrogen-bond acceptors (Lipinski definition) is 6. The van der Waals surface area contributed by atoms with Gasteiger partial charge in [-0.05, 0) is 53.7 Å². The van der Waals surface area contributed by atoms with E-state index >= 15 is 0 Å². The minimum Gasteiger partial charge on any atom is -0.508 e. The average Bonchev–Trinajstić information content (AvgIpc) is 3.03. The molecule has 0 radical (unpaired) electrons. The maximum Gasteiger partial charge on any atom is 0.214 e. The molecule has 1 atom stereocenters. The summed E-state index contributed by atoms with van der Waals surface area (Å²) < 4.78 is 1.52. The average molecular weight is 361 g/mol. The van der Waals surface area contributed by atoms with Crippen LogP contribution in [0.1, 0.15) is 17.3 Å². The van der Waals surface area contributed by atoms with Crippen LogP contribution in [0.2, 0.25) is 5.02 Å². The number of halogens is 1. The van der Waals surface area contributed by atoms with E-state index < -0.39 is 0 Å². The summed E-state index contributed by atoms with van der Waals surface area (Å²) in [5.41, 5.74) is 1.24. The number of Topliss-reactive ketones (excluding diaryl/α,β-unsaturated/α-hetero) is 1. The molecule has 0 spiro atoms. The molecule has 2 aromatic carbocycles. The van der Waals surface area contributed by atoms with Crippen molar-refractivity contribution in [2.75, 3.05) is 0 Å². The van der Waals surface area contributed by atoms with Crippen LogP contribution in [0.5, 0.6) is 5.75 Å². The zero-order chi connectivity index (χ0) is 17.1. The van der Waals surface area contributed by atoms with Crippen molar-refractivity contribution < 1.29 is 9.90 Å². The molecular weight excluding hydrogens is 348 g/mol. The van der Waals surface area contributed by atoms with Gasteiger partial charge in [-0.1, -0.05) is 35.5 Å². The standard InChI is InChI=1S/C16H13ClN4O2S/c1-10(15(23)11-3-2-4-12(17)9-11)24-16-18-19-20-21(16)13-5-7-14(22)8-6-13/h2-10,22H,1H3. The minimum atomic E-state index is -0.384. The summed E-state index contributed by atoms with van der Waals surface area (Å²) in [6.45, 7) is 1.80. The number of aromatic hydroxyl groups is 1. The van der Waals surface area contributed by atoms with Crippen LogP contribution in [0, 0.1) is 0 Å². The lowest BCUT2D eigenvalue weighted by Gasteiger charge is -2.10. The molecule has 24 heavy (non-hydrogen) atoms. The number of ketones is 1. The number of rotatable bonds is 5. The molecule has 0 saturated heterocycles. The number of nitrogens with zero attached hydrogens (tertiary/aromatic N) is 4. The van der Waals surface area contributed by atoms with E-state index in [1.807, 2.05) is 0 Å². The highest BCUT2D eigenvalue weighted by Crippen LogP contribution is 2.26. The number of carbonyl (C=O) groups is 1. The van der Waals surface area contributed by atoms with Crippen molar-refractivity contribution in [3.63, 3.8) is 0 Å². The molecule has 0 aliphatic rings. The number of thioether (sulfide) groups is 1. The third-order valence-electron chi connectivity index (χ3n) is 3.30. The smallest absolute Gasteiger partial charge is 0.214 e. The third kappa shape index (κ3) is 3.58. The molecule has 0 amide bonds. The highest BCUT2D eigenvalue weighted by atomic mass is 35.5. The van der Waals surface area contributed by atoms with E-state index in [0.717, 1.165) is 0 Å². The van der Waals surface area contributed by atoms with Gasteiger partial charge in [0.05, 0.1) is 10.9 Å². The maximum absolute atomic E-state index is 12.5. The number of phenolic OH excluding ortho intramolecular Hbond substituents is 1. The van der Waals surface area contributed by atoms with E-state index in [-0.39, 0.29) is 16.8 Å². The predicted molar refractivity (Wildman–Crippen MR) is 91.9 cm³/mol. The van der Waals surface area contributed by atoms with Gasteiger partial charge in [0.25, 0.3) is 0 Å². The van der Waals surface area contributed by atoms with Crippen molar-refractivity contribution in [2.45, 2.75) is 17.3 Å². The van der Waals surface area contributed by atoms with Crippen molar-refractivity contribution in [1.29, 1.82) is 0 Å². The Labute approximate surface area is 147 Å². The molecule has 3 rings (SSSR count). The van der Waals surface area contributed by atoms with Gasteiger partial charge >= 0.3 is 0 Å². The van der Waals surface area contributed by atoms with Gasteiger partial charge in [-0.2, -0.15) is 4.68 Å². The molecule has 0 fully saturated rings. The normalized spacial score (nSPS) is 12.1. The number of tetrazole rings is 1. The van der Waals surface area contributed by atoms with Crippen LogP contribution < -0.4 is 0 Å². The highest BCUT2D eigenvalue weighted by Gasteiger charge is 2.20. The van der Waals surface area contributed by atoms with Gasteiger partial charge in [0, 0.05) is 10.6 Å². The Kier molecular flexibility index (Phi) is 4.82. The third-order valence-corrected chi connectivity index (χ3v) is 4.56. The maximum atomic E-state index is 12.5. The van der Waals surface area contributed by atoms with Gasteiger partial charge in [-0.25, -0.2) is 0 Å². The summed E-state index contributed by atoms with van der Waals surface area (Å²) in [6.07, 6.45) is 0. The summed E-state index contributed by atoms with van der Waals surface area (Å²) in [5.74, 6) is 0.105. The second kappa shape index (κ2) is 7.02. The molecule has 1 unspecified atom stereocenters. The van der Waals surface area contributed by atoms with Crippen LogP contribution >= 0.6 is 23.4 Å². The lowest BCUT2D eigenvalue weighted by Crippen LogP contribution is -2.14. The van der Waals surface area contributed by atoms with Crippen molar-refractivity contribution in [3.05, 3.63) is 59.1 Å². The number of phenols is 1. The van der Waals surface area contributed by atoms with E-state index in [1.54, 1.807) is 55.5 Å². The molecular formula is C16H13ClN4O2S. The largest absolute Gasteiger partial charge is 0.508 e. The molecule has 0 bridgehead atoms. The van der Waals surface area contributed by atoms with Gasteiger partial charge in [0.15, 0.2) is 5.78 Å². The number of aromatic nitrogens is 4. The van der Waals surface area contributed by atoms with Crippen LogP contribution in [0.4, 0.5) is 0 Å². The van der Waals surface area contributed by atoms with Crippen molar-refractivity contribution in [2.24, 2.45) is 0 Å². The Morgan fingerprint density at radius 3 is 2.71 bits per heavy atom. The molecule has 3 aromatic rings. The zero-order valence-corrected chi connectivity index (χ0v) is 14.2. The lowest BCUT2D eigenvalue weighted by atomic mass is 10.1. The van der Waals surface area contributed by atoms with E-state index in [4.69, 9.17) is 11.6 Å². The summed E-state index contributed by atoms with van der Waals surface area (Å²) in [7, 11) is 0. The summed E-state index contributed by atoms with van der Waals surface area (Å²) in [6, 6.07) is 13.3. The van der Waals surface area contributed by atoms with E-state index in [9.17, 15) is 9.90 Å². The molecule has 122 valence electrons. The Hall–Kier alpha value is -2.38. The van der Waals surface area contributed by atoms with Crippen molar-refractivity contribution in [3.8, 4) is 11.4 Å². The second-order valence-corrected chi connectivity index (χ2v) is 6.77. The molecule has 1 aromatic heterocycles. The highest BCUT2D eigenvalue weighted by molar-refractivity contribution is 8.00. The predicted octanol–water partition coefficient (Wildman–Crippen LogP) is 3.38. The summed E-state index contributed by atoms with van der Waals surface area (Å²) in [5, 5.41) is 21.6. The van der Waals surface area contributed by atoms with E-state index in [1.165, 1.54) is 16.4 Å². The van der Waals surface area contributed by atoms with Crippen molar-refractivity contribution in [1.82, 2.24) is 20.2 Å². The fraction of sp³-hybridized carbons (Fsp3) is 0.125. The van der Waals surface area contributed by atoms with Gasteiger partial charge in [0.1, 0.15) is 5.75 Å². The van der Waals surface area contributed by atoms with E-state index in [0.29, 0.717) is 21.4 Å². The van der Waals surface area contributed by atoms with E-state index in [2.05, 4.69) is 15.5 Å². The first kappa shape index (κ1) is 16.5. The van der Waals surface area contributed by atoms with Crippen LogP contribution in [-0.2, 0) is 0 Å². The molecule has 0 aliphatic heterocycles. The Morgan fingerprint density at radius 1 is 1.25 bits per heavy atom. The lowest BCUT2D eigenvalue weighted by molar-refractivity contribution is 0.0994. The Morgan fingerprint density at radius 2 is 2.00 bits per heavy atom. The fourth-order valence-electron chi connectivity index (χ4n) is 2.10. The monoisotopic (exact) mass is 360 g/mol. The van der Waals surface area contributed by atoms with Crippen molar-refractivity contribution >= 4 is 29.1 Å². The first-order valence-corrected chi connectivity index (χ1v) is 8.34. The van der Waals surface area contributed by atoms with Crippen LogP contribution in [0.25, 0.3) is 5.69 Å². The zero-order valence-electron chi connectivity index (χ0n) is 12.6. The van der Waals surface area contributed by atoms with Gasteiger partial charge in [0.2, 0.25) is 5.16 Å². The van der Waals surface area contributed by atoms with Gasteiger partial charge in [-0.3, -0.25) is 4.79 Å². The fourth-order valence-corrected chi connectivity index (χ4v) is 3.17. The number of hydrogen-bond donors (Lipinski definition) is 1. The topological polar surface area (TPSA) is 80.9 Å². The van der Waals surface area contributed by atoms with Crippen LogP contribution in [0.3, 0.4) is 0 Å². The molecule has 0 saturated carbocycles. The summed E-state index contributed by atoms with van der Waals surface area (Å²) >= 11 is 7.19. The number of carbonyl (C=O) groups excluding carboxylic acids is 1. The first-order valence-electron chi connectivity index (χ1n) is 7.09. The second-order valence-electron chi connectivity index (χ2n) is 5.02. The van der Waals surface area contributed by atoms with Crippen LogP contribution in [-0.4, -0.2) is 36.3 Å². The Bertz CT molecular complexity index is 867. The summed E-state index contributed by atoms with van der Waals surface area (Å²) in [4.78, 5) is 12.5. The van der Waals surface area contributed by atoms with Crippen LogP contribution in [0.15, 0.2) is 53.7 Å². The molecule has 6 nitrogen and oxygen atoms in total. The minimum absolute atomic E-state index is 0.0530. The van der Waals surface area contributed by atoms with Gasteiger partial charge in [-0.15, -0.1) is 5.10 Å². The Balaban J connectivity index is 1.80.